The van der Waals surface area contributed by atoms with Crippen molar-refractivity contribution in [1.82, 2.24) is 0 Å². The molecule has 5 nitrogen and oxygen atoms in total. The van der Waals surface area contributed by atoms with Crippen molar-refractivity contribution in [2.45, 2.75) is 11.1 Å². The maximum atomic E-state index is 13.1. The highest BCUT2D eigenvalue weighted by Crippen LogP contribution is 2.33. The normalized spacial score (nSPS) is 11.8. The topological polar surface area (TPSA) is 75.3 Å². The predicted octanol–water partition coefficient (Wildman–Crippen LogP) is 6.07. The Morgan fingerprint density at radius 2 is 1.35 bits per heavy atom. The molecule has 11 heteroatoms. The lowest BCUT2D eigenvalue weighted by atomic mass is 10.1. The van der Waals surface area contributed by atoms with Crippen LogP contribution in [0.25, 0.3) is 0 Å². The van der Waals surface area contributed by atoms with Crippen molar-refractivity contribution in [1.29, 1.82) is 0 Å². The zero-order chi connectivity index (χ0) is 22.8. The first kappa shape index (κ1) is 22.9. The molecule has 162 valence electrons. The molecule has 3 aromatic rings. The van der Waals surface area contributed by atoms with E-state index in [0.29, 0.717) is 0 Å². The summed E-state index contributed by atoms with van der Waals surface area (Å²) in [4.78, 5) is 12.0. The molecular formula is C20H13Cl2F3N2O3S. The van der Waals surface area contributed by atoms with Crippen LogP contribution in [0.3, 0.4) is 0 Å². The van der Waals surface area contributed by atoms with Crippen molar-refractivity contribution in [2.24, 2.45) is 0 Å². The highest BCUT2D eigenvalue weighted by molar-refractivity contribution is 7.93. The van der Waals surface area contributed by atoms with Crippen molar-refractivity contribution >= 4 is 50.5 Å². The molecule has 31 heavy (non-hydrogen) atoms. The third-order valence-electron chi connectivity index (χ3n) is 4.06. The van der Waals surface area contributed by atoms with E-state index in [0.717, 1.165) is 12.1 Å². The minimum atomic E-state index is -4.68. The molecular weight excluding hydrogens is 476 g/mol. The predicted molar refractivity (Wildman–Crippen MR) is 113 cm³/mol. The van der Waals surface area contributed by atoms with Gasteiger partial charge in [-0.3, -0.25) is 9.52 Å². The van der Waals surface area contributed by atoms with Crippen LogP contribution < -0.4 is 10.0 Å². The number of hydrogen-bond acceptors (Lipinski definition) is 3. The van der Waals surface area contributed by atoms with Crippen LogP contribution in [0.5, 0.6) is 0 Å². The number of nitrogens with one attached hydrogen (secondary N) is 2. The largest absolute Gasteiger partial charge is 0.417 e. The summed E-state index contributed by atoms with van der Waals surface area (Å²) in [5.74, 6) is -0.955. The molecule has 0 aliphatic heterocycles. The van der Waals surface area contributed by atoms with Crippen molar-refractivity contribution in [2.75, 3.05) is 10.0 Å². The van der Waals surface area contributed by atoms with E-state index in [2.05, 4.69) is 10.0 Å². The molecule has 1 amide bonds. The van der Waals surface area contributed by atoms with Crippen LogP contribution in [0.4, 0.5) is 24.5 Å². The average molecular weight is 489 g/mol. The first-order valence-electron chi connectivity index (χ1n) is 8.53. The van der Waals surface area contributed by atoms with Gasteiger partial charge in [0, 0.05) is 11.4 Å². The molecule has 0 aromatic heterocycles. The number of alkyl halides is 3. The van der Waals surface area contributed by atoms with E-state index in [1.807, 2.05) is 0 Å². The number of sulfonamides is 1. The number of carbonyl (C=O) groups excluding carboxylic acids is 1. The average Bonchev–Trinajstić information content (AvgIpc) is 2.68. The summed E-state index contributed by atoms with van der Waals surface area (Å²) >= 11 is 11.9. The Morgan fingerprint density at radius 3 is 1.94 bits per heavy atom. The Balaban J connectivity index is 1.78. The van der Waals surface area contributed by atoms with Gasteiger partial charge in [0.2, 0.25) is 0 Å². The number of anilines is 2. The van der Waals surface area contributed by atoms with Gasteiger partial charge >= 0.3 is 6.18 Å². The fourth-order valence-corrected chi connectivity index (χ4v) is 4.90. The van der Waals surface area contributed by atoms with E-state index < -0.39 is 33.2 Å². The Morgan fingerprint density at radius 1 is 0.806 bits per heavy atom. The van der Waals surface area contributed by atoms with Crippen LogP contribution >= 0.6 is 23.2 Å². The number of carbonyl (C=O) groups is 1. The summed E-state index contributed by atoms with van der Waals surface area (Å²) < 4.78 is 66.7. The number of amides is 1. The molecule has 0 heterocycles. The Hall–Kier alpha value is -2.75. The zero-order valence-electron chi connectivity index (χ0n) is 15.4. The van der Waals surface area contributed by atoms with E-state index in [1.54, 1.807) is 0 Å². The smallest absolute Gasteiger partial charge is 0.322 e. The van der Waals surface area contributed by atoms with Gasteiger partial charge in [0.25, 0.3) is 15.9 Å². The Labute approximate surface area is 185 Å². The first-order chi connectivity index (χ1) is 14.5. The van der Waals surface area contributed by atoms with Crippen molar-refractivity contribution in [3.63, 3.8) is 0 Å². The summed E-state index contributed by atoms with van der Waals surface area (Å²) in [5.41, 5.74) is -1.30. The lowest BCUT2D eigenvalue weighted by Gasteiger charge is -2.13. The molecule has 0 spiro atoms. The fraction of sp³-hybridized carbons (Fsp3) is 0.0500. The summed E-state index contributed by atoms with van der Waals surface area (Å²) in [6.45, 7) is 0. The first-order valence-corrected chi connectivity index (χ1v) is 10.8. The van der Waals surface area contributed by atoms with Crippen LogP contribution in [-0.2, 0) is 16.2 Å². The molecule has 0 radical (unpaired) electrons. The SMILES string of the molecule is O=C(Nc1ccc(NS(=O)(=O)c2c(Cl)cccc2Cl)cc1)c1ccccc1C(F)(F)F. The van der Waals surface area contributed by atoms with Crippen LogP contribution in [-0.4, -0.2) is 14.3 Å². The van der Waals surface area contributed by atoms with Gasteiger partial charge in [0.15, 0.2) is 0 Å². The van der Waals surface area contributed by atoms with E-state index in [9.17, 15) is 26.4 Å². The molecule has 0 saturated heterocycles. The quantitative estimate of drug-likeness (QED) is 0.457. The molecule has 0 unspecified atom stereocenters. The monoisotopic (exact) mass is 488 g/mol. The summed E-state index contributed by atoms with van der Waals surface area (Å²) in [7, 11) is -4.10. The van der Waals surface area contributed by atoms with Gasteiger partial charge in [-0.25, -0.2) is 8.42 Å². The number of hydrogen-bond donors (Lipinski definition) is 2. The minimum absolute atomic E-state index is 0.0628. The molecule has 3 aromatic carbocycles. The van der Waals surface area contributed by atoms with E-state index in [4.69, 9.17) is 23.2 Å². The van der Waals surface area contributed by atoms with Gasteiger partial charge in [-0.05, 0) is 48.5 Å². The molecule has 2 N–H and O–H groups in total. The van der Waals surface area contributed by atoms with Gasteiger partial charge < -0.3 is 5.32 Å². The van der Waals surface area contributed by atoms with Crippen molar-refractivity contribution in [3.05, 3.63) is 87.9 Å². The summed E-state index contributed by atoms with van der Waals surface area (Å²) in [5, 5.41) is 2.23. The number of benzene rings is 3. The van der Waals surface area contributed by atoms with Gasteiger partial charge in [-0.1, -0.05) is 41.4 Å². The van der Waals surface area contributed by atoms with E-state index in [1.165, 1.54) is 54.6 Å². The lowest BCUT2D eigenvalue weighted by molar-refractivity contribution is -0.137. The van der Waals surface area contributed by atoms with Gasteiger partial charge in [-0.15, -0.1) is 0 Å². The van der Waals surface area contributed by atoms with Crippen molar-refractivity contribution < 1.29 is 26.4 Å². The third kappa shape index (κ3) is 5.30. The second kappa shape index (κ2) is 8.78. The van der Waals surface area contributed by atoms with Gasteiger partial charge in [0.05, 0.1) is 21.2 Å². The van der Waals surface area contributed by atoms with Gasteiger partial charge in [0.1, 0.15) is 4.90 Å². The Bertz CT molecular complexity index is 1210. The molecule has 3 rings (SSSR count). The third-order valence-corrected chi connectivity index (χ3v) is 6.40. The lowest BCUT2D eigenvalue weighted by Crippen LogP contribution is -2.18. The fourth-order valence-electron chi connectivity index (χ4n) is 2.69. The van der Waals surface area contributed by atoms with Crippen LogP contribution in [0.1, 0.15) is 15.9 Å². The van der Waals surface area contributed by atoms with Gasteiger partial charge in [-0.2, -0.15) is 13.2 Å². The van der Waals surface area contributed by atoms with E-state index in [-0.39, 0.29) is 26.3 Å². The molecule has 0 atom stereocenters. The number of halogens is 5. The second-order valence-corrected chi connectivity index (χ2v) is 8.66. The maximum Gasteiger partial charge on any atom is 0.417 e. The summed E-state index contributed by atoms with van der Waals surface area (Å²) in [6.07, 6.45) is -4.68. The molecule has 0 saturated carbocycles. The second-order valence-electron chi connectivity index (χ2n) is 6.23. The Kier molecular flexibility index (Phi) is 6.49. The minimum Gasteiger partial charge on any atom is -0.322 e. The molecule has 0 bridgehead atoms. The van der Waals surface area contributed by atoms with Crippen LogP contribution in [0, 0.1) is 0 Å². The molecule has 0 aliphatic carbocycles. The number of rotatable bonds is 5. The highest BCUT2D eigenvalue weighted by Gasteiger charge is 2.34. The van der Waals surface area contributed by atoms with Crippen LogP contribution in [0.15, 0.2) is 71.6 Å². The van der Waals surface area contributed by atoms with Crippen molar-refractivity contribution in [3.8, 4) is 0 Å². The maximum absolute atomic E-state index is 13.1. The van der Waals surface area contributed by atoms with E-state index >= 15 is 0 Å². The zero-order valence-corrected chi connectivity index (χ0v) is 17.7. The standard InChI is InChI=1S/C20H13Cl2F3N2O3S/c21-16-6-3-7-17(22)18(16)31(29,30)27-13-10-8-12(9-11-13)26-19(28)14-4-1-2-5-15(14)20(23,24)25/h1-11,27H,(H,26,28). The molecule has 0 fully saturated rings. The molecule has 0 aliphatic rings. The van der Waals surface area contributed by atoms with Crippen LogP contribution in [0.2, 0.25) is 10.0 Å². The highest BCUT2D eigenvalue weighted by atomic mass is 35.5. The summed E-state index contributed by atoms with van der Waals surface area (Å²) in [6, 6.07) is 14.0.